The van der Waals surface area contributed by atoms with Crippen LogP contribution in [0.3, 0.4) is 0 Å². The Bertz CT molecular complexity index is 382. The van der Waals surface area contributed by atoms with Crippen molar-refractivity contribution in [2.24, 2.45) is 0 Å². The molecular weight excluding hydrogens is 210 g/mol. The smallest absolute Gasteiger partial charge is 0.125 e. The predicted molar refractivity (Wildman–Crippen MR) is 61.3 cm³/mol. The number of halogens is 1. The van der Waals surface area contributed by atoms with Crippen LogP contribution in [-0.2, 0) is 6.42 Å². The zero-order chi connectivity index (χ0) is 11.3. The van der Waals surface area contributed by atoms with Crippen LogP contribution < -0.4 is 4.74 Å². The Morgan fingerprint density at radius 3 is 2.80 bits per heavy atom. The number of ether oxygens (including phenoxy) is 1. The van der Waals surface area contributed by atoms with E-state index in [4.69, 9.17) is 21.6 Å². The van der Waals surface area contributed by atoms with E-state index in [1.165, 1.54) is 0 Å². The molecule has 1 aromatic rings. The van der Waals surface area contributed by atoms with Gasteiger partial charge in [-0.1, -0.05) is 11.6 Å². The maximum absolute atomic E-state index is 8.47. The third kappa shape index (κ3) is 3.14. The van der Waals surface area contributed by atoms with E-state index in [9.17, 15) is 0 Å². The molecule has 0 atom stereocenters. The van der Waals surface area contributed by atoms with Crippen LogP contribution in [0.15, 0.2) is 12.1 Å². The first-order valence-corrected chi connectivity index (χ1v) is 5.26. The molecular formula is C12H14ClNO. The van der Waals surface area contributed by atoms with Crippen LogP contribution in [0.4, 0.5) is 0 Å². The molecule has 0 N–H and O–H groups in total. The van der Waals surface area contributed by atoms with Gasteiger partial charge < -0.3 is 4.74 Å². The molecule has 0 saturated heterocycles. The minimum absolute atomic E-state index is 0.564. The lowest BCUT2D eigenvalue weighted by molar-refractivity contribution is 0.406. The summed E-state index contributed by atoms with van der Waals surface area (Å²) in [6.45, 7) is 1.97. The highest BCUT2D eigenvalue weighted by Crippen LogP contribution is 2.28. The van der Waals surface area contributed by atoms with Gasteiger partial charge in [-0.15, -0.1) is 0 Å². The number of nitriles is 1. The number of aryl methyl sites for hydroxylation is 2. The molecule has 15 heavy (non-hydrogen) atoms. The summed E-state index contributed by atoms with van der Waals surface area (Å²) in [5, 5.41) is 9.20. The van der Waals surface area contributed by atoms with Crippen molar-refractivity contribution in [2.75, 3.05) is 7.11 Å². The number of hydrogen-bond donors (Lipinski definition) is 0. The molecule has 0 aromatic heterocycles. The fourth-order valence-electron chi connectivity index (χ4n) is 1.63. The van der Waals surface area contributed by atoms with Gasteiger partial charge in [0.1, 0.15) is 5.75 Å². The van der Waals surface area contributed by atoms with Gasteiger partial charge in [0, 0.05) is 11.4 Å². The monoisotopic (exact) mass is 223 g/mol. The van der Waals surface area contributed by atoms with Gasteiger partial charge in [0.05, 0.1) is 13.2 Å². The van der Waals surface area contributed by atoms with Crippen LogP contribution >= 0.6 is 11.6 Å². The molecule has 1 aromatic carbocycles. The number of rotatable bonds is 4. The minimum Gasteiger partial charge on any atom is -0.496 e. The lowest BCUT2D eigenvalue weighted by Crippen LogP contribution is -1.95. The van der Waals surface area contributed by atoms with E-state index >= 15 is 0 Å². The van der Waals surface area contributed by atoms with Crippen LogP contribution in [0, 0.1) is 18.3 Å². The lowest BCUT2D eigenvalue weighted by atomic mass is 10.0. The van der Waals surface area contributed by atoms with E-state index in [1.807, 2.05) is 19.1 Å². The van der Waals surface area contributed by atoms with Crippen molar-refractivity contribution in [3.63, 3.8) is 0 Å². The summed E-state index contributed by atoms with van der Waals surface area (Å²) in [4.78, 5) is 0. The normalized spacial score (nSPS) is 9.73. The van der Waals surface area contributed by atoms with Crippen molar-refractivity contribution in [3.8, 4) is 11.8 Å². The van der Waals surface area contributed by atoms with E-state index in [0.29, 0.717) is 6.42 Å². The Morgan fingerprint density at radius 2 is 2.20 bits per heavy atom. The molecule has 0 radical (unpaired) electrons. The van der Waals surface area contributed by atoms with Crippen molar-refractivity contribution < 1.29 is 4.74 Å². The summed E-state index contributed by atoms with van der Waals surface area (Å²) >= 11 is 5.97. The summed E-state index contributed by atoms with van der Waals surface area (Å²) in [6, 6.07) is 5.92. The Labute approximate surface area is 95.4 Å². The molecule has 1 rings (SSSR count). The van der Waals surface area contributed by atoms with Crippen LogP contribution in [0.2, 0.25) is 5.02 Å². The Balaban J connectivity index is 2.89. The first kappa shape index (κ1) is 11.9. The van der Waals surface area contributed by atoms with E-state index in [2.05, 4.69) is 6.07 Å². The van der Waals surface area contributed by atoms with Crippen molar-refractivity contribution in [2.45, 2.75) is 26.2 Å². The predicted octanol–water partition coefficient (Wildman–Crippen LogP) is 3.50. The summed E-state index contributed by atoms with van der Waals surface area (Å²) in [5.74, 6) is 0.886. The van der Waals surface area contributed by atoms with Crippen molar-refractivity contribution in [3.05, 3.63) is 28.3 Å². The highest BCUT2D eigenvalue weighted by Gasteiger charge is 2.07. The zero-order valence-corrected chi connectivity index (χ0v) is 9.77. The maximum atomic E-state index is 8.47. The average molecular weight is 224 g/mol. The van der Waals surface area contributed by atoms with Gasteiger partial charge in [-0.2, -0.15) is 5.26 Å². The fraction of sp³-hybridized carbons (Fsp3) is 0.417. The van der Waals surface area contributed by atoms with E-state index < -0.39 is 0 Å². The molecule has 80 valence electrons. The molecule has 0 aliphatic rings. The van der Waals surface area contributed by atoms with E-state index in [0.717, 1.165) is 34.7 Å². The summed E-state index contributed by atoms with van der Waals surface area (Å²) < 4.78 is 5.32. The first-order valence-electron chi connectivity index (χ1n) is 4.89. The minimum atomic E-state index is 0.564. The molecule has 0 spiro atoms. The first-order chi connectivity index (χ1) is 7.19. The standard InChI is InChI=1S/C12H14ClNO/c1-9-7-11(13)8-10(12(9)15-2)5-3-4-6-14/h7-8H,3-5H2,1-2H3. The van der Waals surface area contributed by atoms with Gasteiger partial charge in [0.25, 0.3) is 0 Å². The molecule has 0 heterocycles. The molecule has 0 aliphatic carbocycles. The molecule has 0 aliphatic heterocycles. The van der Waals surface area contributed by atoms with Crippen LogP contribution in [-0.4, -0.2) is 7.11 Å². The number of nitrogens with zero attached hydrogens (tertiary/aromatic N) is 1. The second-order valence-electron chi connectivity index (χ2n) is 3.43. The third-order valence-electron chi connectivity index (χ3n) is 2.26. The largest absolute Gasteiger partial charge is 0.496 e. The van der Waals surface area contributed by atoms with Gasteiger partial charge >= 0.3 is 0 Å². The van der Waals surface area contributed by atoms with Gasteiger partial charge in [-0.05, 0) is 43.0 Å². The van der Waals surface area contributed by atoms with Crippen LogP contribution in [0.1, 0.15) is 24.0 Å². The molecule has 3 heteroatoms. The fourth-order valence-corrected chi connectivity index (χ4v) is 1.93. The van der Waals surface area contributed by atoms with Crippen molar-refractivity contribution >= 4 is 11.6 Å². The summed E-state index contributed by atoms with van der Waals surface area (Å²) in [7, 11) is 1.66. The van der Waals surface area contributed by atoms with Crippen LogP contribution in [0.25, 0.3) is 0 Å². The molecule has 2 nitrogen and oxygen atoms in total. The highest BCUT2D eigenvalue weighted by atomic mass is 35.5. The number of unbranched alkanes of at least 4 members (excludes halogenated alkanes) is 1. The average Bonchev–Trinajstić information content (AvgIpc) is 2.17. The van der Waals surface area contributed by atoms with E-state index in [-0.39, 0.29) is 0 Å². The summed E-state index contributed by atoms with van der Waals surface area (Å²) in [5.41, 5.74) is 2.12. The van der Waals surface area contributed by atoms with Gasteiger partial charge in [-0.25, -0.2) is 0 Å². The van der Waals surface area contributed by atoms with Gasteiger partial charge in [0.2, 0.25) is 0 Å². The molecule has 0 saturated carbocycles. The highest BCUT2D eigenvalue weighted by molar-refractivity contribution is 6.30. The lowest BCUT2D eigenvalue weighted by Gasteiger charge is -2.11. The number of hydrogen-bond acceptors (Lipinski definition) is 2. The second kappa shape index (κ2) is 5.63. The molecule has 0 fully saturated rings. The quantitative estimate of drug-likeness (QED) is 0.732. The van der Waals surface area contributed by atoms with Gasteiger partial charge in [0.15, 0.2) is 0 Å². The third-order valence-corrected chi connectivity index (χ3v) is 2.47. The van der Waals surface area contributed by atoms with Crippen molar-refractivity contribution in [1.82, 2.24) is 0 Å². The van der Waals surface area contributed by atoms with Crippen LogP contribution in [0.5, 0.6) is 5.75 Å². The maximum Gasteiger partial charge on any atom is 0.125 e. The molecule has 0 bridgehead atoms. The molecule has 0 amide bonds. The van der Waals surface area contributed by atoms with Crippen molar-refractivity contribution in [1.29, 1.82) is 5.26 Å². The zero-order valence-electron chi connectivity index (χ0n) is 9.01. The SMILES string of the molecule is COc1c(C)cc(Cl)cc1CCCC#N. The second-order valence-corrected chi connectivity index (χ2v) is 3.86. The molecule has 0 unspecified atom stereocenters. The Hall–Kier alpha value is -1.20. The Morgan fingerprint density at radius 1 is 1.47 bits per heavy atom. The Kier molecular flexibility index (Phi) is 4.45. The topological polar surface area (TPSA) is 33.0 Å². The number of methoxy groups -OCH3 is 1. The van der Waals surface area contributed by atoms with E-state index in [1.54, 1.807) is 7.11 Å². The summed E-state index contributed by atoms with van der Waals surface area (Å²) in [6.07, 6.45) is 2.24. The van der Waals surface area contributed by atoms with Gasteiger partial charge in [-0.3, -0.25) is 0 Å². The number of benzene rings is 1.